The minimum absolute atomic E-state index is 0.136. The van der Waals surface area contributed by atoms with Crippen molar-refractivity contribution in [3.8, 4) is 17.2 Å². The second-order valence-corrected chi connectivity index (χ2v) is 4.46. The molecule has 0 aliphatic carbocycles. The quantitative estimate of drug-likeness (QED) is 0.768. The van der Waals surface area contributed by atoms with Crippen LogP contribution in [0.4, 0.5) is 0 Å². The van der Waals surface area contributed by atoms with Gasteiger partial charge >= 0.3 is 5.97 Å². The molecule has 0 saturated carbocycles. The molecule has 0 heterocycles. The van der Waals surface area contributed by atoms with Crippen LogP contribution in [0.5, 0.6) is 17.2 Å². The van der Waals surface area contributed by atoms with Crippen LogP contribution in [0, 0.1) is 0 Å². The van der Waals surface area contributed by atoms with Crippen molar-refractivity contribution in [2.75, 3.05) is 21.3 Å². The number of ether oxygens (including phenoxy) is 4. The molecule has 0 atom stereocenters. The lowest BCUT2D eigenvalue weighted by Gasteiger charge is -2.11. The van der Waals surface area contributed by atoms with E-state index in [0.717, 1.165) is 5.56 Å². The van der Waals surface area contributed by atoms with Gasteiger partial charge in [0.25, 0.3) is 0 Å². The van der Waals surface area contributed by atoms with E-state index in [2.05, 4.69) is 0 Å². The number of esters is 1. The Morgan fingerprint density at radius 2 is 1.55 bits per heavy atom. The smallest absolute Gasteiger partial charge is 0.338 e. The molecule has 2 rings (SSSR count). The van der Waals surface area contributed by atoms with Gasteiger partial charge < -0.3 is 18.9 Å². The van der Waals surface area contributed by atoms with E-state index >= 15 is 0 Å². The number of para-hydroxylation sites is 1. The Balaban J connectivity index is 2.09. The maximum Gasteiger partial charge on any atom is 0.338 e. The summed E-state index contributed by atoms with van der Waals surface area (Å²) in [5, 5.41) is 0. The van der Waals surface area contributed by atoms with Gasteiger partial charge in [0.15, 0.2) is 11.5 Å². The van der Waals surface area contributed by atoms with E-state index in [-0.39, 0.29) is 6.61 Å². The summed E-state index contributed by atoms with van der Waals surface area (Å²) < 4.78 is 20.8. The number of methoxy groups -OCH3 is 3. The second-order valence-electron chi connectivity index (χ2n) is 4.46. The topological polar surface area (TPSA) is 54.0 Å². The summed E-state index contributed by atoms with van der Waals surface area (Å²) in [5.41, 5.74) is 1.20. The average molecular weight is 302 g/mol. The lowest BCUT2D eigenvalue weighted by molar-refractivity contribution is 0.0469. The Kier molecular flexibility index (Phi) is 5.25. The zero-order valence-electron chi connectivity index (χ0n) is 12.8. The molecule has 116 valence electrons. The van der Waals surface area contributed by atoms with Gasteiger partial charge in [-0.25, -0.2) is 4.79 Å². The third kappa shape index (κ3) is 3.49. The highest BCUT2D eigenvalue weighted by Gasteiger charge is 2.13. The van der Waals surface area contributed by atoms with Gasteiger partial charge in [0, 0.05) is 5.56 Å². The van der Waals surface area contributed by atoms with Crippen molar-refractivity contribution >= 4 is 5.97 Å². The Hall–Kier alpha value is -2.69. The van der Waals surface area contributed by atoms with Crippen LogP contribution in [0.3, 0.4) is 0 Å². The number of hydrogen-bond acceptors (Lipinski definition) is 5. The monoisotopic (exact) mass is 302 g/mol. The molecule has 0 fully saturated rings. The van der Waals surface area contributed by atoms with E-state index in [9.17, 15) is 4.79 Å². The van der Waals surface area contributed by atoms with Gasteiger partial charge in [-0.3, -0.25) is 0 Å². The van der Waals surface area contributed by atoms with Crippen molar-refractivity contribution in [3.63, 3.8) is 0 Å². The normalized spacial score (nSPS) is 9.95. The maximum absolute atomic E-state index is 12.1. The molecule has 22 heavy (non-hydrogen) atoms. The fourth-order valence-electron chi connectivity index (χ4n) is 2.01. The SMILES string of the molecule is COc1ccccc1COC(=O)c1ccc(OC)c(OC)c1. The third-order valence-electron chi connectivity index (χ3n) is 3.17. The number of rotatable bonds is 6. The summed E-state index contributed by atoms with van der Waals surface area (Å²) in [4.78, 5) is 12.1. The van der Waals surface area contributed by atoms with Gasteiger partial charge in [-0.2, -0.15) is 0 Å². The van der Waals surface area contributed by atoms with Crippen molar-refractivity contribution in [3.05, 3.63) is 53.6 Å². The van der Waals surface area contributed by atoms with E-state index in [1.54, 1.807) is 25.3 Å². The molecule has 0 N–H and O–H groups in total. The summed E-state index contributed by atoms with van der Waals surface area (Å²) in [7, 11) is 4.63. The number of carbonyl (C=O) groups excluding carboxylic acids is 1. The van der Waals surface area contributed by atoms with Crippen LogP contribution >= 0.6 is 0 Å². The van der Waals surface area contributed by atoms with Gasteiger partial charge in [0.1, 0.15) is 12.4 Å². The summed E-state index contributed by atoms with van der Waals surface area (Å²) in [6, 6.07) is 12.3. The molecule has 0 aromatic heterocycles. The highest BCUT2D eigenvalue weighted by atomic mass is 16.5. The number of hydrogen-bond donors (Lipinski definition) is 0. The number of benzene rings is 2. The predicted molar refractivity (Wildman–Crippen MR) is 81.7 cm³/mol. The molecule has 0 bridgehead atoms. The molecule has 5 heteroatoms. The molecule has 0 aliphatic heterocycles. The Morgan fingerprint density at radius 1 is 0.864 bits per heavy atom. The van der Waals surface area contributed by atoms with Gasteiger partial charge in [-0.15, -0.1) is 0 Å². The second kappa shape index (κ2) is 7.36. The summed E-state index contributed by atoms with van der Waals surface area (Å²) in [5.74, 6) is 1.28. The maximum atomic E-state index is 12.1. The van der Waals surface area contributed by atoms with Crippen molar-refractivity contribution in [1.29, 1.82) is 0 Å². The first-order valence-corrected chi connectivity index (χ1v) is 6.70. The van der Waals surface area contributed by atoms with Crippen LogP contribution in [0.1, 0.15) is 15.9 Å². The lowest BCUT2D eigenvalue weighted by atomic mass is 10.2. The predicted octanol–water partition coefficient (Wildman–Crippen LogP) is 3.07. The van der Waals surface area contributed by atoms with E-state index in [4.69, 9.17) is 18.9 Å². The Morgan fingerprint density at radius 3 is 2.23 bits per heavy atom. The third-order valence-corrected chi connectivity index (χ3v) is 3.17. The van der Waals surface area contributed by atoms with Crippen molar-refractivity contribution in [2.45, 2.75) is 6.61 Å². The van der Waals surface area contributed by atoms with E-state index in [1.165, 1.54) is 14.2 Å². The highest BCUT2D eigenvalue weighted by molar-refractivity contribution is 5.90. The van der Waals surface area contributed by atoms with Crippen LogP contribution in [-0.4, -0.2) is 27.3 Å². The van der Waals surface area contributed by atoms with E-state index in [1.807, 2.05) is 24.3 Å². The molecule has 0 saturated heterocycles. The van der Waals surface area contributed by atoms with Crippen LogP contribution < -0.4 is 14.2 Å². The lowest BCUT2D eigenvalue weighted by Crippen LogP contribution is -2.06. The molecule has 0 radical (unpaired) electrons. The first-order chi connectivity index (χ1) is 10.7. The molecule has 2 aromatic carbocycles. The standard InChI is InChI=1S/C17H18O5/c1-19-14-7-5-4-6-13(14)11-22-17(18)12-8-9-15(20-2)16(10-12)21-3/h4-10H,11H2,1-3H3. The molecule has 2 aromatic rings. The minimum atomic E-state index is -0.438. The van der Waals surface area contributed by atoms with Crippen molar-refractivity contribution < 1.29 is 23.7 Å². The summed E-state index contributed by atoms with van der Waals surface area (Å²) in [6.07, 6.45) is 0. The molecule has 0 amide bonds. The molecular formula is C17H18O5. The molecule has 5 nitrogen and oxygen atoms in total. The van der Waals surface area contributed by atoms with E-state index < -0.39 is 5.97 Å². The van der Waals surface area contributed by atoms with Crippen LogP contribution in [0.25, 0.3) is 0 Å². The summed E-state index contributed by atoms with van der Waals surface area (Å²) >= 11 is 0. The first-order valence-electron chi connectivity index (χ1n) is 6.70. The van der Waals surface area contributed by atoms with Crippen molar-refractivity contribution in [2.24, 2.45) is 0 Å². The van der Waals surface area contributed by atoms with Crippen LogP contribution in [0.15, 0.2) is 42.5 Å². The molecule has 0 aliphatic rings. The van der Waals surface area contributed by atoms with Crippen molar-refractivity contribution in [1.82, 2.24) is 0 Å². The zero-order valence-corrected chi connectivity index (χ0v) is 12.8. The zero-order chi connectivity index (χ0) is 15.9. The average Bonchev–Trinajstić information content (AvgIpc) is 2.59. The minimum Gasteiger partial charge on any atom is -0.496 e. The first kappa shape index (κ1) is 15.7. The molecule has 0 spiro atoms. The fourth-order valence-corrected chi connectivity index (χ4v) is 2.01. The number of carbonyl (C=O) groups is 1. The molecule has 0 unspecified atom stereocenters. The largest absolute Gasteiger partial charge is 0.496 e. The van der Waals surface area contributed by atoms with Gasteiger partial charge in [0.2, 0.25) is 0 Å². The van der Waals surface area contributed by atoms with Crippen LogP contribution in [-0.2, 0) is 11.3 Å². The highest BCUT2D eigenvalue weighted by Crippen LogP contribution is 2.28. The van der Waals surface area contributed by atoms with Gasteiger partial charge in [0.05, 0.1) is 26.9 Å². The summed E-state index contributed by atoms with van der Waals surface area (Å²) in [6.45, 7) is 0.136. The Labute approximate surface area is 129 Å². The van der Waals surface area contributed by atoms with Crippen LogP contribution in [0.2, 0.25) is 0 Å². The molecular weight excluding hydrogens is 284 g/mol. The Bertz CT molecular complexity index is 651. The fraction of sp³-hybridized carbons (Fsp3) is 0.235. The van der Waals surface area contributed by atoms with Gasteiger partial charge in [-0.1, -0.05) is 18.2 Å². The van der Waals surface area contributed by atoms with E-state index in [0.29, 0.717) is 22.8 Å². The van der Waals surface area contributed by atoms with Gasteiger partial charge in [-0.05, 0) is 24.3 Å².